The highest BCUT2D eigenvalue weighted by Crippen LogP contribution is 2.59. The Morgan fingerprint density at radius 1 is 0.482 bits per heavy atom. The minimum atomic E-state index is -1.07. The molecule has 5 aromatic rings. The van der Waals surface area contributed by atoms with Crippen LogP contribution in [0.5, 0.6) is 11.5 Å². The van der Waals surface area contributed by atoms with Crippen LogP contribution in [0.25, 0.3) is 0 Å². The van der Waals surface area contributed by atoms with Crippen molar-refractivity contribution in [3.63, 3.8) is 0 Å². The van der Waals surface area contributed by atoms with E-state index in [1.54, 1.807) is 0 Å². The van der Waals surface area contributed by atoms with Crippen molar-refractivity contribution in [2.24, 2.45) is 0 Å². The third kappa shape index (κ3) is 7.44. The largest absolute Gasteiger partial charge is 0.453 e. The van der Waals surface area contributed by atoms with Gasteiger partial charge in [0.05, 0.1) is 5.92 Å². The summed E-state index contributed by atoms with van der Waals surface area (Å²) in [5.74, 6) is 1.31. The molecule has 0 aromatic heterocycles. The maximum Gasteiger partial charge on any atom is 0.246 e. The van der Waals surface area contributed by atoms with Crippen LogP contribution in [0.3, 0.4) is 0 Å². The van der Waals surface area contributed by atoms with Gasteiger partial charge in [0.15, 0.2) is 23.0 Å². The van der Waals surface area contributed by atoms with Crippen molar-refractivity contribution in [1.29, 1.82) is 0 Å². The average molecular weight is 781 g/mol. The molecule has 2 aliphatic heterocycles. The van der Waals surface area contributed by atoms with E-state index < -0.39 is 27.4 Å². The zero-order valence-electron chi connectivity index (χ0n) is 34.9. The SMILES string of the molecule is Cc1cc(C)cc(P(c2cc(C)cc(C)c2)c2ccc3c(c2[C@H]2C4=C(C=C[C@H]2P(c2cc(C)cc(C)c2)c2cc(C)cc(C)c2)OC(C)(C)O4)OC(C)(C)O3)c1. The van der Waals surface area contributed by atoms with E-state index in [-0.39, 0.29) is 11.6 Å². The number of benzene rings is 5. The first-order valence-electron chi connectivity index (χ1n) is 19.7. The van der Waals surface area contributed by atoms with Gasteiger partial charge in [-0.05, 0) is 116 Å². The van der Waals surface area contributed by atoms with Crippen LogP contribution in [-0.4, -0.2) is 17.2 Å². The summed E-state index contributed by atoms with van der Waals surface area (Å²) in [6.07, 6.45) is 4.59. The molecule has 288 valence electrons. The van der Waals surface area contributed by atoms with Crippen molar-refractivity contribution < 1.29 is 18.9 Å². The minimum Gasteiger partial charge on any atom is -0.453 e. The summed E-state index contributed by atoms with van der Waals surface area (Å²) in [4.78, 5) is 0. The van der Waals surface area contributed by atoms with Gasteiger partial charge in [0.25, 0.3) is 0 Å². The molecule has 0 saturated heterocycles. The molecular formula is C50H54O4P2. The summed E-state index contributed by atoms with van der Waals surface area (Å²) in [5.41, 5.74) is 11.2. The van der Waals surface area contributed by atoms with Crippen molar-refractivity contribution in [1.82, 2.24) is 0 Å². The van der Waals surface area contributed by atoms with Crippen LogP contribution in [0.15, 0.2) is 109 Å². The standard InChI is InChI=1S/C50H54O4P2/c1-29-17-30(2)22-37(21-29)55(38-23-31(3)18-32(4)24-38)43-15-13-41-47(53-49(9,10)51-41)45(43)46-44(16-14-42-48(46)54-50(11,12)52-42)56(39-25-33(5)19-34(6)26-39)40-27-35(7)20-36(8)28-40/h13-28,43,45H,1-12H3/t43-,45+/m1/s1. The van der Waals surface area contributed by atoms with Crippen molar-refractivity contribution in [2.75, 3.05) is 0 Å². The molecule has 4 nitrogen and oxygen atoms in total. The van der Waals surface area contributed by atoms with Crippen LogP contribution >= 0.6 is 15.8 Å². The van der Waals surface area contributed by atoms with E-state index in [4.69, 9.17) is 18.9 Å². The highest BCUT2D eigenvalue weighted by molar-refractivity contribution is 7.80. The van der Waals surface area contributed by atoms with Crippen LogP contribution in [0.2, 0.25) is 0 Å². The van der Waals surface area contributed by atoms with Gasteiger partial charge in [-0.15, -0.1) is 0 Å². The lowest BCUT2D eigenvalue weighted by Gasteiger charge is -2.38. The summed E-state index contributed by atoms with van der Waals surface area (Å²) < 4.78 is 27.3. The molecule has 1 aliphatic carbocycles. The van der Waals surface area contributed by atoms with Gasteiger partial charge < -0.3 is 18.9 Å². The topological polar surface area (TPSA) is 36.9 Å². The first-order chi connectivity index (χ1) is 26.4. The van der Waals surface area contributed by atoms with E-state index in [0.717, 1.165) is 28.6 Å². The molecule has 6 heteroatoms. The second-order valence-corrected chi connectivity index (χ2v) is 21.7. The average Bonchev–Trinajstić information content (AvgIpc) is 3.56. The number of hydrogen-bond donors (Lipinski definition) is 0. The lowest BCUT2D eigenvalue weighted by Crippen LogP contribution is -2.35. The van der Waals surface area contributed by atoms with Crippen LogP contribution < -0.4 is 36.0 Å². The van der Waals surface area contributed by atoms with Gasteiger partial charge in [-0.2, -0.15) is 0 Å². The van der Waals surface area contributed by atoms with Crippen LogP contribution in [-0.2, 0) is 9.47 Å². The van der Waals surface area contributed by atoms with Crippen LogP contribution in [0.1, 0.15) is 83.7 Å². The molecule has 0 fully saturated rings. The maximum absolute atomic E-state index is 7.03. The summed E-state index contributed by atoms with van der Waals surface area (Å²) >= 11 is 0. The van der Waals surface area contributed by atoms with Gasteiger partial charge in [-0.1, -0.05) is 123 Å². The van der Waals surface area contributed by atoms with Crippen molar-refractivity contribution >= 4 is 42.4 Å². The van der Waals surface area contributed by atoms with Gasteiger partial charge in [-0.3, -0.25) is 0 Å². The molecule has 2 heterocycles. The zero-order chi connectivity index (χ0) is 39.8. The Balaban J connectivity index is 1.47. The van der Waals surface area contributed by atoms with Gasteiger partial charge in [-0.25, -0.2) is 0 Å². The second kappa shape index (κ2) is 14.2. The summed E-state index contributed by atoms with van der Waals surface area (Å²) in [5, 5.41) is 6.57. The van der Waals surface area contributed by atoms with E-state index in [2.05, 4.69) is 152 Å². The Morgan fingerprint density at radius 2 is 0.911 bits per heavy atom. The van der Waals surface area contributed by atoms with E-state index >= 15 is 0 Å². The van der Waals surface area contributed by atoms with Crippen LogP contribution in [0, 0.1) is 55.4 Å². The van der Waals surface area contributed by atoms with E-state index in [0.29, 0.717) is 0 Å². The monoisotopic (exact) mass is 780 g/mol. The van der Waals surface area contributed by atoms with Gasteiger partial charge in [0.2, 0.25) is 11.6 Å². The lowest BCUT2D eigenvalue weighted by molar-refractivity contribution is -0.122. The fourth-order valence-corrected chi connectivity index (χ4v) is 15.1. The second-order valence-electron chi connectivity index (χ2n) is 17.2. The zero-order valence-corrected chi connectivity index (χ0v) is 36.7. The highest BCUT2D eigenvalue weighted by atomic mass is 31.1. The lowest BCUT2D eigenvalue weighted by atomic mass is 9.88. The third-order valence-corrected chi connectivity index (χ3v) is 15.7. The number of aryl methyl sites for hydroxylation is 8. The smallest absolute Gasteiger partial charge is 0.246 e. The highest BCUT2D eigenvalue weighted by Gasteiger charge is 2.49. The van der Waals surface area contributed by atoms with Crippen molar-refractivity contribution in [2.45, 2.75) is 106 Å². The Labute approximate surface area is 336 Å². The van der Waals surface area contributed by atoms with Crippen LogP contribution in [0.4, 0.5) is 0 Å². The van der Waals surface area contributed by atoms with Gasteiger partial charge in [0.1, 0.15) is 0 Å². The summed E-state index contributed by atoms with van der Waals surface area (Å²) in [7, 11) is -2.06. The number of rotatable bonds is 7. The molecule has 2 atom stereocenters. The number of allylic oxidation sites excluding steroid dienone is 3. The van der Waals surface area contributed by atoms with E-state index in [9.17, 15) is 0 Å². The molecule has 0 saturated carbocycles. The number of hydrogen-bond acceptors (Lipinski definition) is 4. The molecule has 0 unspecified atom stereocenters. The Bertz CT molecular complexity index is 2270. The van der Waals surface area contributed by atoms with Gasteiger partial charge in [0, 0.05) is 38.9 Å². The van der Waals surface area contributed by atoms with Gasteiger partial charge >= 0.3 is 0 Å². The molecule has 0 amide bonds. The molecule has 8 rings (SSSR count). The Morgan fingerprint density at radius 3 is 1.38 bits per heavy atom. The molecule has 5 aromatic carbocycles. The van der Waals surface area contributed by atoms with E-state index in [1.165, 1.54) is 71.0 Å². The quantitative estimate of drug-likeness (QED) is 0.154. The molecule has 3 aliphatic rings. The minimum absolute atomic E-state index is 0.00319. The first-order valence-corrected chi connectivity index (χ1v) is 22.5. The first kappa shape index (κ1) is 38.5. The predicted octanol–water partition coefficient (Wildman–Crippen LogP) is 10.6. The molecule has 0 N–H and O–H groups in total. The molecule has 0 bridgehead atoms. The maximum atomic E-state index is 7.03. The Hall–Kier alpha value is -4.36. The van der Waals surface area contributed by atoms with Crippen molar-refractivity contribution in [3.8, 4) is 11.5 Å². The summed E-state index contributed by atoms with van der Waals surface area (Å²) in [6, 6.07) is 32.7. The normalized spacial score (nSPS) is 19.0. The molecule has 56 heavy (non-hydrogen) atoms. The third-order valence-electron chi connectivity index (χ3n) is 10.6. The fourth-order valence-electron chi connectivity index (χ4n) is 9.01. The fraction of sp³-hybridized carbons (Fsp3) is 0.320. The predicted molar refractivity (Wildman–Crippen MR) is 236 cm³/mol. The molecule has 0 spiro atoms. The molecule has 0 radical (unpaired) electrons. The van der Waals surface area contributed by atoms with E-state index in [1.807, 2.05) is 27.7 Å². The summed E-state index contributed by atoms with van der Waals surface area (Å²) in [6.45, 7) is 25.7. The molecular weight excluding hydrogens is 726 g/mol. The van der Waals surface area contributed by atoms with Crippen molar-refractivity contribution in [3.05, 3.63) is 159 Å². The number of fused-ring (bicyclic) bond motifs is 1. The Kier molecular flexibility index (Phi) is 9.79. The number of ether oxygens (including phenoxy) is 4.